The van der Waals surface area contributed by atoms with E-state index in [1.807, 2.05) is 0 Å². The standard InChI is InChI=1S/C10H15N/c1-8-5-6-10(11(3)4)7-9(8)2/h5-7H,1-4H3. The van der Waals surface area contributed by atoms with Crippen LogP contribution in [0.2, 0.25) is 0 Å². The molecule has 0 atom stereocenters. The third-order valence-electron chi connectivity index (χ3n) is 2.01. The Kier molecular flexibility index (Phi) is 2.18. The van der Waals surface area contributed by atoms with Gasteiger partial charge in [0.25, 0.3) is 0 Å². The molecule has 0 N–H and O–H groups in total. The quantitative estimate of drug-likeness (QED) is 0.592. The molecule has 11 heavy (non-hydrogen) atoms. The zero-order valence-electron chi connectivity index (χ0n) is 7.68. The van der Waals surface area contributed by atoms with Gasteiger partial charge < -0.3 is 4.90 Å². The maximum Gasteiger partial charge on any atom is 0.0363 e. The fraction of sp³-hybridized carbons (Fsp3) is 0.400. The van der Waals surface area contributed by atoms with Crippen molar-refractivity contribution in [2.24, 2.45) is 0 Å². The van der Waals surface area contributed by atoms with Crippen molar-refractivity contribution in [3.63, 3.8) is 0 Å². The first-order valence-electron chi connectivity index (χ1n) is 3.86. The molecule has 1 rings (SSSR count). The molecule has 0 saturated heterocycles. The number of hydrogen-bond acceptors (Lipinski definition) is 1. The molecule has 1 aromatic carbocycles. The van der Waals surface area contributed by atoms with E-state index in [0.717, 1.165) is 0 Å². The lowest BCUT2D eigenvalue weighted by Gasteiger charge is -2.13. The molecule has 0 heterocycles. The molecule has 0 amide bonds. The van der Waals surface area contributed by atoms with Crippen molar-refractivity contribution in [2.75, 3.05) is 19.0 Å². The Hall–Kier alpha value is -0.980. The highest BCUT2D eigenvalue weighted by atomic mass is 15.1. The van der Waals surface area contributed by atoms with Crippen LogP contribution in [0.25, 0.3) is 0 Å². The van der Waals surface area contributed by atoms with Gasteiger partial charge in [0.2, 0.25) is 0 Å². The molecule has 0 aromatic heterocycles. The molecule has 0 spiro atoms. The molecule has 60 valence electrons. The Morgan fingerprint density at radius 3 is 2.09 bits per heavy atom. The summed E-state index contributed by atoms with van der Waals surface area (Å²) in [4.78, 5) is 2.12. The lowest BCUT2D eigenvalue weighted by Crippen LogP contribution is -2.08. The maximum atomic E-state index is 2.20. The minimum Gasteiger partial charge on any atom is -0.378 e. The van der Waals surface area contributed by atoms with Gasteiger partial charge in [-0.3, -0.25) is 0 Å². The second-order valence-electron chi connectivity index (χ2n) is 3.16. The van der Waals surface area contributed by atoms with Crippen LogP contribution in [-0.2, 0) is 0 Å². The van der Waals surface area contributed by atoms with Crippen molar-refractivity contribution < 1.29 is 0 Å². The zero-order chi connectivity index (χ0) is 8.43. The van der Waals surface area contributed by atoms with Crippen LogP contribution < -0.4 is 4.90 Å². The second kappa shape index (κ2) is 2.95. The predicted octanol–water partition coefficient (Wildman–Crippen LogP) is 2.37. The topological polar surface area (TPSA) is 3.24 Å². The molecule has 0 bridgehead atoms. The van der Waals surface area contributed by atoms with Crippen LogP contribution in [0, 0.1) is 13.8 Å². The van der Waals surface area contributed by atoms with Crippen LogP contribution >= 0.6 is 0 Å². The number of nitrogens with zero attached hydrogens (tertiary/aromatic N) is 1. The van der Waals surface area contributed by atoms with Gasteiger partial charge in [0.1, 0.15) is 0 Å². The Morgan fingerprint density at radius 1 is 1.00 bits per heavy atom. The molecule has 0 radical (unpaired) electrons. The Balaban J connectivity index is 3.05. The van der Waals surface area contributed by atoms with Crippen LogP contribution in [0.1, 0.15) is 11.1 Å². The molecule has 0 saturated carbocycles. The van der Waals surface area contributed by atoms with E-state index in [1.54, 1.807) is 0 Å². The smallest absolute Gasteiger partial charge is 0.0363 e. The number of benzene rings is 1. The van der Waals surface area contributed by atoms with E-state index in [-0.39, 0.29) is 0 Å². The van der Waals surface area contributed by atoms with E-state index < -0.39 is 0 Å². The van der Waals surface area contributed by atoms with Crippen LogP contribution in [0.4, 0.5) is 5.69 Å². The maximum absolute atomic E-state index is 2.20. The Labute approximate surface area is 68.7 Å². The van der Waals surface area contributed by atoms with Gasteiger partial charge in [0, 0.05) is 19.8 Å². The first-order chi connectivity index (χ1) is 5.11. The zero-order valence-corrected chi connectivity index (χ0v) is 7.68. The molecule has 0 unspecified atom stereocenters. The highest BCUT2D eigenvalue weighted by Gasteiger charge is 1.96. The summed E-state index contributed by atoms with van der Waals surface area (Å²) in [6.07, 6.45) is 0. The summed E-state index contributed by atoms with van der Waals surface area (Å²) in [5, 5.41) is 0. The summed E-state index contributed by atoms with van der Waals surface area (Å²) in [6, 6.07) is 6.50. The molecular formula is C10H15N. The normalized spacial score (nSPS) is 9.82. The van der Waals surface area contributed by atoms with Crippen molar-refractivity contribution >= 4 is 5.69 Å². The van der Waals surface area contributed by atoms with Crippen molar-refractivity contribution in [1.82, 2.24) is 0 Å². The first-order valence-corrected chi connectivity index (χ1v) is 3.86. The highest BCUT2D eigenvalue weighted by Crippen LogP contribution is 2.15. The van der Waals surface area contributed by atoms with E-state index in [9.17, 15) is 0 Å². The third kappa shape index (κ3) is 1.73. The number of hydrogen-bond donors (Lipinski definition) is 0. The van der Waals surface area contributed by atoms with Crippen LogP contribution in [0.3, 0.4) is 0 Å². The summed E-state index contributed by atoms with van der Waals surface area (Å²) < 4.78 is 0. The molecule has 1 heteroatoms. The molecule has 0 aliphatic heterocycles. The van der Waals surface area contributed by atoms with Gasteiger partial charge in [-0.15, -0.1) is 0 Å². The summed E-state index contributed by atoms with van der Waals surface area (Å²) in [5.74, 6) is 0. The van der Waals surface area contributed by atoms with Gasteiger partial charge in [-0.25, -0.2) is 0 Å². The van der Waals surface area contributed by atoms with Crippen molar-refractivity contribution in [1.29, 1.82) is 0 Å². The molecule has 0 fully saturated rings. The second-order valence-corrected chi connectivity index (χ2v) is 3.16. The average molecular weight is 149 g/mol. The van der Waals surface area contributed by atoms with Crippen LogP contribution in [0.15, 0.2) is 18.2 Å². The SMILES string of the molecule is Cc1ccc(N(C)C)cc1C. The van der Waals surface area contributed by atoms with E-state index >= 15 is 0 Å². The Bertz CT molecular complexity index is 251. The summed E-state index contributed by atoms with van der Waals surface area (Å²) in [5.41, 5.74) is 3.99. The fourth-order valence-corrected chi connectivity index (χ4v) is 1.00. The van der Waals surface area contributed by atoms with Gasteiger partial charge in [-0.05, 0) is 37.1 Å². The molecule has 0 aliphatic carbocycles. The molecule has 0 aliphatic rings. The molecule has 1 aromatic rings. The van der Waals surface area contributed by atoms with Crippen molar-refractivity contribution in [3.05, 3.63) is 29.3 Å². The molecule has 1 nitrogen and oxygen atoms in total. The average Bonchev–Trinajstić information content (AvgIpc) is 1.94. The van der Waals surface area contributed by atoms with Crippen LogP contribution in [-0.4, -0.2) is 14.1 Å². The monoisotopic (exact) mass is 149 g/mol. The number of aryl methyl sites for hydroxylation is 2. The van der Waals surface area contributed by atoms with Gasteiger partial charge >= 0.3 is 0 Å². The van der Waals surface area contributed by atoms with Gasteiger partial charge in [-0.2, -0.15) is 0 Å². The molecular weight excluding hydrogens is 134 g/mol. The lowest BCUT2D eigenvalue weighted by atomic mass is 10.1. The largest absolute Gasteiger partial charge is 0.378 e. The first kappa shape index (κ1) is 8.12. The number of rotatable bonds is 1. The Morgan fingerprint density at radius 2 is 1.64 bits per heavy atom. The summed E-state index contributed by atoms with van der Waals surface area (Å²) >= 11 is 0. The summed E-state index contributed by atoms with van der Waals surface area (Å²) in [6.45, 7) is 4.27. The van der Waals surface area contributed by atoms with E-state index in [0.29, 0.717) is 0 Å². The van der Waals surface area contributed by atoms with Crippen LogP contribution in [0.5, 0.6) is 0 Å². The fourth-order valence-electron chi connectivity index (χ4n) is 1.00. The predicted molar refractivity (Wildman–Crippen MR) is 50.2 cm³/mol. The van der Waals surface area contributed by atoms with Gasteiger partial charge in [0.05, 0.1) is 0 Å². The summed E-state index contributed by atoms with van der Waals surface area (Å²) in [7, 11) is 4.12. The van der Waals surface area contributed by atoms with Gasteiger partial charge in [-0.1, -0.05) is 6.07 Å². The number of anilines is 1. The van der Waals surface area contributed by atoms with E-state index in [2.05, 4.69) is 51.0 Å². The van der Waals surface area contributed by atoms with E-state index in [1.165, 1.54) is 16.8 Å². The van der Waals surface area contributed by atoms with Crippen molar-refractivity contribution in [2.45, 2.75) is 13.8 Å². The van der Waals surface area contributed by atoms with Gasteiger partial charge in [0.15, 0.2) is 0 Å². The van der Waals surface area contributed by atoms with E-state index in [4.69, 9.17) is 0 Å². The lowest BCUT2D eigenvalue weighted by molar-refractivity contribution is 1.12. The highest BCUT2D eigenvalue weighted by molar-refractivity contribution is 5.49. The van der Waals surface area contributed by atoms with Crippen molar-refractivity contribution in [3.8, 4) is 0 Å². The third-order valence-corrected chi connectivity index (χ3v) is 2.01. The minimum absolute atomic E-state index is 1.27. The minimum atomic E-state index is 1.27.